The zero-order valence-corrected chi connectivity index (χ0v) is 6.30. The van der Waals surface area contributed by atoms with Gasteiger partial charge in [0.15, 0.2) is 0 Å². The fourth-order valence-electron chi connectivity index (χ4n) is 0.744. The summed E-state index contributed by atoms with van der Waals surface area (Å²) in [6.45, 7) is 2.08. The van der Waals surface area contributed by atoms with Gasteiger partial charge < -0.3 is 0 Å². The van der Waals surface area contributed by atoms with E-state index in [-0.39, 0.29) is 0 Å². The molecule has 10 heavy (non-hydrogen) atoms. The van der Waals surface area contributed by atoms with Crippen LogP contribution >= 0.6 is 11.3 Å². The molecule has 0 unspecified atom stereocenters. The van der Waals surface area contributed by atoms with E-state index in [0.29, 0.717) is 0 Å². The van der Waals surface area contributed by atoms with Gasteiger partial charge in [-0.3, -0.25) is 0 Å². The SMILES string of the molecule is CCc1nn2cnnc2s1. The lowest BCUT2D eigenvalue weighted by Crippen LogP contribution is -1.82. The molecule has 0 saturated carbocycles. The number of aromatic nitrogens is 4. The van der Waals surface area contributed by atoms with Crippen molar-refractivity contribution in [2.75, 3.05) is 0 Å². The Kier molecular flexibility index (Phi) is 1.17. The van der Waals surface area contributed by atoms with Crippen molar-refractivity contribution in [1.82, 2.24) is 19.8 Å². The summed E-state index contributed by atoms with van der Waals surface area (Å²) in [6.07, 6.45) is 2.58. The second kappa shape index (κ2) is 2.02. The normalized spacial score (nSPS) is 10.9. The van der Waals surface area contributed by atoms with Crippen molar-refractivity contribution in [2.45, 2.75) is 13.3 Å². The predicted octanol–water partition coefficient (Wildman–Crippen LogP) is 0.748. The van der Waals surface area contributed by atoms with Crippen molar-refractivity contribution in [3.05, 3.63) is 11.3 Å². The summed E-state index contributed by atoms with van der Waals surface area (Å²) in [7, 11) is 0. The van der Waals surface area contributed by atoms with Gasteiger partial charge in [0.05, 0.1) is 0 Å². The maximum Gasteiger partial charge on any atom is 0.234 e. The van der Waals surface area contributed by atoms with Crippen LogP contribution in [0.2, 0.25) is 0 Å². The van der Waals surface area contributed by atoms with Gasteiger partial charge in [-0.1, -0.05) is 18.3 Å². The molecule has 2 aromatic rings. The van der Waals surface area contributed by atoms with Crippen LogP contribution in [-0.4, -0.2) is 19.8 Å². The van der Waals surface area contributed by atoms with Gasteiger partial charge in [-0.05, 0) is 6.42 Å². The largest absolute Gasteiger partial charge is 0.234 e. The van der Waals surface area contributed by atoms with E-state index in [1.54, 1.807) is 22.2 Å². The van der Waals surface area contributed by atoms with Gasteiger partial charge in [0.1, 0.15) is 11.3 Å². The van der Waals surface area contributed by atoms with Gasteiger partial charge >= 0.3 is 0 Å². The third-order valence-electron chi connectivity index (χ3n) is 1.23. The highest BCUT2D eigenvalue weighted by molar-refractivity contribution is 7.16. The van der Waals surface area contributed by atoms with Crippen molar-refractivity contribution in [2.24, 2.45) is 0 Å². The maximum atomic E-state index is 4.20. The summed E-state index contributed by atoms with van der Waals surface area (Å²) >= 11 is 1.58. The Hall–Kier alpha value is -0.970. The topological polar surface area (TPSA) is 43.1 Å². The van der Waals surface area contributed by atoms with Gasteiger partial charge in [-0.25, -0.2) is 0 Å². The third-order valence-corrected chi connectivity index (χ3v) is 2.29. The van der Waals surface area contributed by atoms with E-state index in [1.807, 2.05) is 0 Å². The Morgan fingerprint density at radius 1 is 1.70 bits per heavy atom. The van der Waals surface area contributed by atoms with Gasteiger partial charge in [0, 0.05) is 0 Å². The molecule has 0 fully saturated rings. The Morgan fingerprint density at radius 3 is 3.30 bits per heavy atom. The molecule has 0 bridgehead atoms. The molecule has 0 aromatic carbocycles. The highest BCUT2D eigenvalue weighted by Gasteiger charge is 2.00. The lowest BCUT2D eigenvalue weighted by atomic mass is 10.5. The van der Waals surface area contributed by atoms with Crippen molar-refractivity contribution < 1.29 is 0 Å². The number of nitrogens with zero attached hydrogens (tertiary/aromatic N) is 4. The Labute approximate surface area is 61.5 Å². The average Bonchev–Trinajstić information content (AvgIpc) is 2.42. The summed E-state index contributed by atoms with van der Waals surface area (Å²) < 4.78 is 1.70. The van der Waals surface area contributed by atoms with Crippen LogP contribution in [0.5, 0.6) is 0 Å². The fraction of sp³-hybridized carbons (Fsp3) is 0.400. The number of aryl methyl sites for hydroxylation is 1. The molecule has 2 heterocycles. The first kappa shape index (κ1) is 5.79. The van der Waals surface area contributed by atoms with Gasteiger partial charge in [-0.2, -0.15) is 9.61 Å². The van der Waals surface area contributed by atoms with Crippen LogP contribution in [0.4, 0.5) is 0 Å². The van der Waals surface area contributed by atoms with E-state index in [9.17, 15) is 0 Å². The first-order chi connectivity index (χ1) is 4.90. The van der Waals surface area contributed by atoms with Crippen LogP contribution < -0.4 is 0 Å². The lowest BCUT2D eigenvalue weighted by molar-refractivity contribution is 0.899. The fourth-order valence-corrected chi connectivity index (χ4v) is 1.50. The van der Waals surface area contributed by atoms with Crippen molar-refractivity contribution in [3.8, 4) is 0 Å². The van der Waals surface area contributed by atoms with E-state index >= 15 is 0 Å². The molecule has 0 spiro atoms. The Morgan fingerprint density at radius 2 is 2.60 bits per heavy atom. The van der Waals surface area contributed by atoms with E-state index < -0.39 is 0 Å². The second-order valence-corrected chi connectivity index (χ2v) is 2.95. The molecule has 4 nitrogen and oxygen atoms in total. The first-order valence-electron chi connectivity index (χ1n) is 3.06. The smallest absolute Gasteiger partial charge is 0.190 e. The zero-order chi connectivity index (χ0) is 6.97. The van der Waals surface area contributed by atoms with Crippen molar-refractivity contribution >= 4 is 16.3 Å². The van der Waals surface area contributed by atoms with Crippen LogP contribution in [-0.2, 0) is 6.42 Å². The third kappa shape index (κ3) is 0.706. The van der Waals surface area contributed by atoms with Gasteiger partial charge in [0.2, 0.25) is 4.96 Å². The summed E-state index contributed by atoms with van der Waals surface area (Å²) in [5.74, 6) is 0. The van der Waals surface area contributed by atoms with Crippen molar-refractivity contribution in [3.63, 3.8) is 0 Å². The van der Waals surface area contributed by atoms with E-state index in [4.69, 9.17) is 0 Å². The predicted molar refractivity (Wildman–Crippen MR) is 38.0 cm³/mol. The number of fused-ring (bicyclic) bond motifs is 1. The molecule has 0 saturated heterocycles. The monoisotopic (exact) mass is 154 g/mol. The van der Waals surface area contributed by atoms with Crippen LogP contribution in [0.1, 0.15) is 11.9 Å². The molecule has 0 amide bonds. The minimum Gasteiger partial charge on any atom is -0.190 e. The standard InChI is InChI=1S/C5H6N4S/c1-2-4-8-9-3-6-7-5(9)10-4/h3H,2H2,1H3. The molecule has 5 heteroatoms. The summed E-state index contributed by atoms with van der Waals surface area (Å²) in [4.78, 5) is 0.872. The van der Waals surface area contributed by atoms with Crippen LogP contribution in [0.3, 0.4) is 0 Å². The molecule has 2 rings (SSSR count). The highest BCUT2D eigenvalue weighted by Crippen LogP contribution is 2.10. The van der Waals surface area contributed by atoms with Gasteiger partial charge in [0.25, 0.3) is 0 Å². The quantitative estimate of drug-likeness (QED) is 0.608. The molecule has 0 aliphatic heterocycles. The highest BCUT2D eigenvalue weighted by atomic mass is 32.1. The molecule has 0 radical (unpaired) electrons. The van der Waals surface area contributed by atoms with E-state index in [2.05, 4.69) is 22.2 Å². The van der Waals surface area contributed by atoms with Gasteiger partial charge in [-0.15, -0.1) is 10.2 Å². The molecule has 2 aromatic heterocycles. The van der Waals surface area contributed by atoms with Crippen LogP contribution in [0.15, 0.2) is 6.33 Å². The molecule has 0 atom stereocenters. The van der Waals surface area contributed by atoms with Crippen molar-refractivity contribution in [1.29, 1.82) is 0 Å². The minimum absolute atomic E-state index is 0.872. The summed E-state index contributed by atoms with van der Waals surface area (Å²) in [5.41, 5.74) is 0. The molecule has 0 aliphatic rings. The molecular formula is C5H6N4S. The number of hydrogen-bond acceptors (Lipinski definition) is 4. The average molecular weight is 154 g/mol. The second-order valence-electron chi connectivity index (χ2n) is 1.91. The maximum absolute atomic E-state index is 4.20. The summed E-state index contributed by atoms with van der Waals surface area (Å²) in [5, 5.41) is 12.9. The van der Waals surface area contributed by atoms with E-state index in [0.717, 1.165) is 16.4 Å². The van der Waals surface area contributed by atoms with E-state index in [1.165, 1.54) is 0 Å². The lowest BCUT2D eigenvalue weighted by Gasteiger charge is -1.77. The number of hydrogen-bond donors (Lipinski definition) is 0. The zero-order valence-electron chi connectivity index (χ0n) is 5.48. The molecular weight excluding hydrogens is 148 g/mol. The summed E-state index contributed by atoms with van der Waals surface area (Å²) in [6, 6.07) is 0. The van der Waals surface area contributed by atoms with Crippen LogP contribution in [0.25, 0.3) is 4.96 Å². The Balaban J connectivity index is 2.67. The first-order valence-corrected chi connectivity index (χ1v) is 3.87. The van der Waals surface area contributed by atoms with Crippen LogP contribution in [0, 0.1) is 0 Å². The Bertz CT molecular complexity index is 307. The number of rotatable bonds is 1. The minimum atomic E-state index is 0.872. The molecule has 0 N–H and O–H groups in total. The molecule has 52 valence electrons. The molecule has 0 aliphatic carbocycles.